The van der Waals surface area contributed by atoms with Crippen LogP contribution in [-0.4, -0.2) is 20.3 Å². The summed E-state index contributed by atoms with van der Waals surface area (Å²) in [6, 6.07) is 5.08. The molecule has 1 aromatic carbocycles. The highest BCUT2D eigenvalue weighted by Gasteiger charge is 2.11. The molecule has 0 aliphatic heterocycles. The van der Waals surface area contributed by atoms with Gasteiger partial charge in [0.1, 0.15) is 0 Å². The molecule has 0 unspecified atom stereocenters. The Labute approximate surface area is 125 Å². The molecule has 5 heteroatoms. The van der Waals surface area contributed by atoms with Gasteiger partial charge in [-0.05, 0) is 36.6 Å². The minimum atomic E-state index is -2.85. The Bertz CT molecular complexity index is 411. The second-order valence-electron chi connectivity index (χ2n) is 5.43. The van der Waals surface area contributed by atoms with Crippen LogP contribution in [0.2, 0.25) is 0 Å². The van der Waals surface area contributed by atoms with Crippen LogP contribution in [0.3, 0.4) is 0 Å². The van der Waals surface area contributed by atoms with Gasteiger partial charge < -0.3 is 14.8 Å². The fourth-order valence-corrected chi connectivity index (χ4v) is 2.05. The maximum absolute atomic E-state index is 12.3. The number of alkyl halides is 2. The number of ether oxygens (including phenoxy) is 2. The van der Waals surface area contributed by atoms with Gasteiger partial charge in [-0.3, -0.25) is 0 Å². The van der Waals surface area contributed by atoms with E-state index < -0.39 is 6.61 Å². The van der Waals surface area contributed by atoms with Crippen LogP contribution >= 0.6 is 0 Å². The maximum Gasteiger partial charge on any atom is 0.387 e. The Morgan fingerprint density at radius 2 is 1.90 bits per heavy atom. The Kier molecular flexibility index (Phi) is 8.05. The number of rotatable bonds is 10. The molecule has 0 spiro atoms. The van der Waals surface area contributed by atoms with Crippen molar-refractivity contribution in [3.05, 3.63) is 23.8 Å². The molecule has 21 heavy (non-hydrogen) atoms. The first-order valence-electron chi connectivity index (χ1n) is 7.35. The van der Waals surface area contributed by atoms with Crippen LogP contribution in [-0.2, 0) is 6.54 Å². The van der Waals surface area contributed by atoms with E-state index in [2.05, 4.69) is 23.9 Å². The predicted octanol–water partition coefficient (Wildman–Crippen LogP) is 4.21. The van der Waals surface area contributed by atoms with Crippen LogP contribution in [0.15, 0.2) is 18.2 Å². The lowest BCUT2D eigenvalue weighted by Crippen LogP contribution is -2.15. The summed E-state index contributed by atoms with van der Waals surface area (Å²) in [6.45, 7) is 3.14. The van der Waals surface area contributed by atoms with Crippen LogP contribution in [0, 0.1) is 5.92 Å². The molecule has 0 bridgehead atoms. The zero-order valence-electron chi connectivity index (χ0n) is 13.0. The van der Waals surface area contributed by atoms with Crippen molar-refractivity contribution in [2.75, 3.05) is 13.7 Å². The molecular weight excluding hydrogens is 276 g/mol. The van der Waals surface area contributed by atoms with Gasteiger partial charge in [-0.1, -0.05) is 32.8 Å². The van der Waals surface area contributed by atoms with Crippen molar-refractivity contribution in [3.8, 4) is 11.5 Å². The van der Waals surface area contributed by atoms with Gasteiger partial charge >= 0.3 is 6.61 Å². The summed E-state index contributed by atoms with van der Waals surface area (Å²) < 4.78 is 34.1. The number of benzene rings is 1. The van der Waals surface area contributed by atoms with Gasteiger partial charge in [0.05, 0.1) is 7.11 Å². The highest BCUT2D eigenvalue weighted by molar-refractivity contribution is 5.42. The lowest BCUT2D eigenvalue weighted by Gasteiger charge is -2.12. The third-order valence-electron chi connectivity index (χ3n) is 3.16. The van der Waals surface area contributed by atoms with E-state index in [0.29, 0.717) is 12.3 Å². The van der Waals surface area contributed by atoms with Crippen molar-refractivity contribution >= 4 is 0 Å². The zero-order valence-corrected chi connectivity index (χ0v) is 13.0. The summed E-state index contributed by atoms with van der Waals surface area (Å²) in [4.78, 5) is 0. The first-order chi connectivity index (χ1) is 10.0. The van der Waals surface area contributed by atoms with E-state index >= 15 is 0 Å². The lowest BCUT2D eigenvalue weighted by molar-refractivity contribution is -0.0512. The fourth-order valence-electron chi connectivity index (χ4n) is 2.05. The Balaban J connectivity index is 2.41. The van der Waals surface area contributed by atoms with Crippen molar-refractivity contribution in [1.82, 2.24) is 5.32 Å². The standard InChI is InChI=1S/C16H25F2NO2/c1-12(2)6-4-5-9-19-11-13-7-8-14(20-3)15(10-13)21-16(17)18/h7-8,10,12,16,19H,4-6,9,11H2,1-3H3. The van der Waals surface area contributed by atoms with E-state index in [1.807, 2.05) is 6.07 Å². The third-order valence-corrected chi connectivity index (χ3v) is 3.16. The molecule has 0 aromatic heterocycles. The number of halogens is 2. The lowest BCUT2D eigenvalue weighted by atomic mass is 10.1. The maximum atomic E-state index is 12.3. The van der Waals surface area contributed by atoms with Crippen LogP contribution in [0.1, 0.15) is 38.7 Å². The first-order valence-corrected chi connectivity index (χ1v) is 7.35. The summed E-state index contributed by atoms with van der Waals surface area (Å²) in [5.74, 6) is 1.13. The van der Waals surface area contributed by atoms with Gasteiger partial charge in [0.25, 0.3) is 0 Å². The third kappa shape index (κ3) is 7.27. The van der Waals surface area contributed by atoms with Crippen molar-refractivity contribution in [2.45, 2.75) is 46.3 Å². The Hall–Kier alpha value is -1.36. The van der Waals surface area contributed by atoms with Crippen molar-refractivity contribution in [2.24, 2.45) is 5.92 Å². The summed E-state index contributed by atoms with van der Waals surface area (Å²) in [5, 5.41) is 3.31. The highest BCUT2D eigenvalue weighted by atomic mass is 19.3. The molecule has 0 heterocycles. The zero-order chi connectivity index (χ0) is 15.7. The van der Waals surface area contributed by atoms with Crippen LogP contribution in [0.5, 0.6) is 11.5 Å². The van der Waals surface area contributed by atoms with Crippen LogP contribution in [0.25, 0.3) is 0 Å². The average Bonchev–Trinajstić information content (AvgIpc) is 2.42. The molecule has 0 fully saturated rings. The molecule has 1 rings (SSSR count). The average molecular weight is 301 g/mol. The van der Waals surface area contributed by atoms with Gasteiger partial charge in [0, 0.05) is 6.54 Å². The molecule has 0 saturated heterocycles. The van der Waals surface area contributed by atoms with Crippen molar-refractivity contribution < 1.29 is 18.3 Å². The second kappa shape index (κ2) is 9.55. The molecule has 0 aliphatic rings. The monoisotopic (exact) mass is 301 g/mol. The number of hydrogen-bond donors (Lipinski definition) is 1. The normalized spacial score (nSPS) is 11.2. The van der Waals surface area contributed by atoms with Crippen LogP contribution in [0.4, 0.5) is 8.78 Å². The molecule has 0 atom stereocenters. The minimum Gasteiger partial charge on any atom is -0.493 e. The van der Waals surface area contributed by atoms with E-state index in [0.717, 1.165) is 24.4 Å². The van der Waals surface area contributed by atoms with E-state index in [4.69, 9.17) is 4.74 Å². The van der Waals surface area contributed by atoms with E-state index in [9.17, 15) is 8.78 Å². The molecule has 3 nitrogen and oxygen atoms in total. The molecule has 120 valence electrons. The SMILES string of the molecule is COc1ccc(CNCCCCC(C)C)cc1OC(F)F. The largest absolute Gasteiger partial charge is 0.493 e. The van der Waals surface area contributed by atoms with E-state index in [-0.39, 0.29) is 5.75 Å². The quantitative estimate of drug-likeness (QED) is 0.657. The molecule has 1 aromatic rings. The molecular formula is C16H25F2NO2. The fraction of sp³-hybridized carbons (Fsp3) is 0.625. The van der Waals surface area contributed by atoms with Crippen LogP contribution < -0.4 is 14.8 Å². The van der Waals surface area contributed by atoms with E-state index in [1.54, 1.807) is 12.1 Å². The van der Waals surface area contributed by atoms with Crippen molar-refractivity contribution in [1.29, 1.82) is 0 Å². The summed E-state index contributed by atoms with van der Waals surface area (Å²) >= 11 is 0. The highest BCUT2D eigenvalue weighted by Crippen LogP contribution is 2.29. The topological polar surface area (TPSA) is 30.5 Å². The molecule has 0 radical (unpaired) electrons. The summed E-state index contributed by atoms with van der Waals surface area (Å²) in [7, 11) is 1.43. The number of methoxy groups -OCH3 is 1. The second-order valence-corrected chi connectivity index (χ2v) is 5.43. The van der Waals surface area contributed by atoms with Gasteiger partial charge in [-0.25, -0.2) is 0 Å². The summed E-state index contributed by atoms with van der Waals surface area (Å²) in [6.07, 6.45) is 3.55. The smallest absolute Gasteiger partial charge is 0.387 e. The minimum absolute atomic E-state index is 0.0756. The van der Waals surface area contributed by atoms with Gasteiger partial charge in [-0.15, -0.1) is 0 Å². The van der Waals surface area contributed by atoms with Gasteiger partial charge in [0.15, 0.2) is 11.5 Å². The molecule has 0 aliphatic carbocycles. The van der Waals surface area contributed by atoms with E-state index in [1.165, 1.54) is 20.0 Å². The predicted molar refractivity (Wildman–Crippen MR) is 80.0 cm³/mol. The number of hydrogen-bond acceptors (Lipinski definition) is 3. The molecule has 0 amide bonds. The van der Waals surface area contributed by atoms with Gasteiger partial charge in [0.2, 0.25) is 0 Å². The Morgan fingerprint density at radius 1 is 1.14 bits per heavy atom. The van der Waals surface area contributed by atoms with Gasteiger partial charge in [-0.2, -0.15) is 8.78 Å². The molecule has 1 N–H and O–H groups in total. The van der Waals surface area contributed by atoms with Crippen molar-refractivity contribution in [3.63, 3.8) is 0 Å². The Morgan fingerprint density at radius 3 is 2.52 bits per heavy atom. The number of nitrogens with one attached hydrogen (secondary N) is 1. The molecule has 0 saturated carbocycles. The summed E-state index contributed by atoms with van der Waals surface area (Å²) in [5.41, 5.74) is 0.898. The first kappa shape index (κ1) is 17.7. The number of unbranched alkanes of at least 4 members (excludes halogenated alkanes) is 1.